The Balaban J connectivity index is 0.00000180. The number of ketones is 1. The lowest BCUT2D eigenvalue weighted by atomic mass is 10.2. The first kappa shape index (κ1) is 15.9. The number of rotatable bonds is 5. The Bertz CT molecular complexity index is 438. The minimum absolute atomic E-state index is 0. The van der Waals surface area contributed by atoms with E-state index in [1.807, 2.05) is 13.1 Å². The first-order chi connectivity index (χ1) is 8.66. The van der Waals surface area contributed by atoms with Crippen LogP contribution in [0.5, 0.6) is 0 Å². The Morgan fingerprint density at radius 2 is 1.95 bits per heavy atom. The van der Waals surface area contributed by atoms with Crippen molar-refractivity contribution in [1.29, 1.82) is 0 Å². The van der Waals surface area contributed by atoms with E-state index < -0.39 is 0 Å². The quantitative estimate of drug-likeness (QED) is 0.834. The van der Waals surface area contributed by atoms with E-state index in [1.54, 1.807) is 18.7 Å². The average Bonchev–Trinajstić information content (AvgIpc) is 2.69. The maximum absolute atomic E-state index is 11.1. The lowest BCUT2D eigenvalue weighted by Gasteiger charge is -2.29. The third kappa shape index (κ3) is 4.48. The van der Waals surface area contributed by atoms with Gasteiger partial charge in [-0.15, -0.1) is 24.2 Å². The molecule has 2 rings (SSSR count). The van der Waals surface area contributed by atoms with Gasteiger partial charge in [0.05, 0.1) is 5.75 Å². The van der Waals surface area contributed by atoms with Crippen molar-refractivity contribution in [1.82, 2.24) is 9.80 Å². The van der Waals surface area contributed by atoms with E-state index in [2.05, 4.69) is 46.5 Å². The van der Waals surface area contributed by atoms with Gasteiger partial charge in [-0.3, -0.25) is 4.79 Å². The molecule has 0 saturated carbocycles. The topological polar surface area (TPSA) is 23.6 Å². The highest BCUT2D eigenvalue weighted by Crippen LogP contribution is 2.26. The van der Waals surface area contributed by atoms with Crippen LogP contribution in [-0.2, 0) is 11.3 Å². The molecule has 19 heavy (non-hydrogen) atoms. The summed E-state index contributed by atoms with van der Waals surface area (Å²) in [5.41, 5.74) is 1.50. The summed E-state index contributed by atoms with van der Waals surface area (Å²) in [6.07, 6.45) is 4.14. The number of carbonyl (C=O) groups is 1. The predicted octanol–water partition coefficient (Wildman–Crippen LogP) is 2.93. The SMILES string of the molecule is CC(=O)CSC1N(C)C=CN1Cc1ccccc1.Cl. The molecule has 0 radical (unpaired) electrons. The maximum Gasteiger partial charge on any atom is 0.150 e. The van der Waals surface area contributed by atoms with Gasteiger partial charge in [0.25, 0.3) is 0 Å². The molecular formula is C14H19ClN2OS. The molecule has 104 valence electrons. The van der Waals surface area contributed by atoms with Crippen LogP contribution < -0.4 is 0 Å². The fourth-order valence-corrected chi connectivity index (χ4v) is 2.93. The van der Waals surface area contributed by atoms with Gasteiger partial charge < -0.3 is 9.80 Å². The lowest BCUT2D eigenvalue weighted by Crippen LogP contribution is -2.33. The first-order valence-corrected chi connectivity index (χ1v) is 7.02. The molecule has 0 spiro atoms. The molecule has 0 fully saturated rings. The minimum atomic E-state index is 0. The third-order valence-electron chi connectivity index (χ3n) is 2.77. The van der Waals surface area contributed by atoms with Crippen LogP contribution in [0.1, 0.15) is 12.5 Å². The minimum Gasteiger partial charge on any atom is -0.351 e. The van der Waals surface area contributed by atoms with E-state index in [1.165, 1.54) is 5.56 Å². The molecule has 1 atom stereocenters. The van der Waals surface area contributed by atoms with Crippen molar-refractivity contribution in [3.63, 3.8) is 0 Å². The van der Waals surface area contributed by atoms with Crippen LogP contribution in [0.15, 0.2) is 42.7 Å². The molecule has 0 aliphatic carbocycles. The van der Waals surface area contributed by atoms with E-state index in [0.717, 1.165) is 6.54 Å². The zero-order valence-corrected chi connectivity index (χ0v) is 12.8. The number of thioether (sulfide) groups is 1. The third-order valence-corrected chi connectivity index (χ3v) is 4.24. The highest BCUT2D eigenvalue weighted by Gasteiger charge is 2.24. The molecular weight excluding hydrogens is 280 g/mol. The molecule has 1 aromatic rings. The van der Waals surface area contributed by atoms with E-state index in [0.29, 0.717) is 5.75 Å². The molecule has 1 aliphatic heterocycles. The van der Waals surface area contributed by atoms with Gasteiger partial charge in [0.2, 0.25) is 0 Å². The van der Waals surface area contributed by atoms with Crippen molar-refractivity contribution < 1.29 is 4.79 Å². The summed E-state index contributed by atoms with van der Waals surface area (Å²) in [5.74, 6) is 0.780. The van der Waals surface area contributed by atoms with Crippen molar-refractivity contribution >= 4 is 30.0 Å². The Labute approximate surface area is 125 Å². The molecule has 0 saturated heterocycles. The molecule has 1 aromatic carbocycles. The van der Waals surface area contributed by atoms with Crippen molar-refractivity contribution in [2.75, 3.05) is 12.8 Å². The number of hydrogen-bond donors (Lipinski definition) is 0. The van der Waals surface area contributed by atoms with Gasteiger partial charge in [0, 0.05) is 26.0 Å². The number of carbonyl (C=O) groups excluding carboxylic acids is 1. The van der Waals surface area contributed by atoms with Crippen molar-refractivity contribution in [2.45, 2.75) is 19.0 Å². The van der Waals surface area contributed by atoms with E-state index >= 15 is 0 Å². The van der Waals surface area contributed by atoms with Gasteiger partial charge in [-0.05, 0) is 12.5 Å². The average molecular weight is 299 g/mol. The fourth-order valence-electron chi connectivity index (χ4n) is 1.90. The Morgan fingerprint density at radius 3 is 2.58 bits per heavy atom. The molecule has 1 heterocycles. The van der Waals surface area contributed by atoms with E-state index in [4.69, 9.17) is 0 Å². The second kappa shape index (κ2) is 7.46. The summed E-state index contributed by atoms with van der Waals surface area (Å²) in [5, 5.41) is 0. The Hall–Kier alpha value is -1.13. The first-order valence-electron chi connectivity index (χ1n) is 5.98. The zero-order valence-electron chi connectivity index (χ0n) is 11.2. The van der Waals surface area contributed by atoms with Gasteiger partial charge in [-0.2, -0.15) is 0 Å². The summed E-state index contributed by atoms with van der Waals surface area (Å²) >= 11 is 1.67. The number of Topliss-reactive ketones (excluding diaryl/α,β-unsaturated/α-hetero) is 1. The Kier molecular flexibility index (Phi) is 6.25. The number of benzene rings is 1. The van der Waals surface area contributed by atoms with Gasteiger partial charge >= 0.3 is 0 Å². The normalized spacial score (nSPS) is 17.5. The van der Waals surface area contributed by atoms with Gasteiger partial charge in [-0.25, -0.2) is 0 Å². The Morgan fingerprint density at radius 1 is 1.26 bits per heavy atom. The summed E-state index contributed by atoms with van der Waals surface area (Å²) in [6, 6.07) is 10.4. The van der Waals surface area contributed by atoms with Crippen molar-refractivity contribution in [3.8, 4) is 0 Å². The molecule has 0 bridgehead atoms. The monoisotopic (exact) mass is 298 g/mol. The van der Waals surface area contributed by atoms with Gasteiger partial charge in [0.1, 0.15) is 11.3 Å². The van der Waals surface area contributed by atoms with Crippen molar-refractivity contribution in [2.24, 2.45) is 0 Å². The molecule has 1 aliphatic rings. The second-order valence-electron chi connectivity index (χ2n) is 4.46. The van der Waals surface area contributed by atoms with Crippen molar-refractivity contribution in [3.05, 3.63) is 48.3 Å². The molecule has 0 N–H and O–H groups in total. The molecule has 3 nitrogen and oxygen atoms in total. The molecule has 0 aromatic heterocycles. The van der Waals surface area contributed by atoms with Crippen LogP contribution in [0.3, 0.4) is 0 Å². The number of nitrogens with zero attached hydrogens (tertiary/aromatic N) is 2. The fraction of sp³-hybridized carbons (Fsp3) is 0.357. The van der Waals surface area contributed by atoms with Crippen LogP contribution in [-0.4, -0.2) is 33.9 Å². The molecule has 1 unspecified atom stereocenters. The predicted molar refractivity (Wildman–Crippen MR) is 83.1 cm³/mol. The number of hydrogen-bond acceptors (Lipinski definition) is 4. The highest BCUT2D eigenvalue weighted by atomic mass is 35.5. The summed E-state index contributed by atoms with van der Waals surface area (Å²) in [4.78, 5) is 15.5. The van der Waals surface area contributed by atoms with Crippen LogP contribution in [0, 0.1) is 0 Å². The van der Waals surface area contributed by atoms with Crippen LogP contribution in [0.2, 0.25) is 0 Å². The summed E-state index contributed by atoms with van der Waals surface area (Å²) in [7, 11) is 2.04. The van der Waals surface area contributed by atoms with Crippen LogP contribution in [0.25, 0.3) is 0 Å². The highest BCUT2D eigenvalue weighted by molar-refractivity contribution is 8.00. The van der Waals surface area contributed by atoms with Gasteiger partial charge in [-0.1, -0.05) is 30.3 Å². The smallest absolute Gasteiger partial charge is 0.150 e. The molecule has 5 heteroatoms. The number of halogens is 1. The zero-order chi connectivity index (χ0) is 13.0. The summed E-state index contributed by atoms with van der Waals surface area (Å²) in [6.45, 7) is 2.51. The standard InChI is InChI=1S/C14H18N2OS.ClH/c1-12(17)11-18-14-15(2)8-9-16(14)10-13-6-4-3-5-7-13;/h3-9,14H,10-11H2,1-2H3;1H. The second-order valence-corrected chi connectivity index (χ2v) is 5.50. The maximum atomic E-state index is 11.1. The molecule has 0 amide bonds. The van der Waals surface area contributed by atoms with Crippen LogP contribution >= 0.6 is 24.2 Å². The summed E-state index contributed by atoms with van der Waals surface area (Å²) < 4.78 is 0. The lowest BCUT2D eigenvalue weighted by molar-refractivity contribution is -0.114. The van der Waals surface area contributed by atoms with Gasteiger partial charge in [0.15, 0.2) is 0 Å². The van der Waals surface area contributed by atoms with E-state index in [9.17, 15) is 4.79 Å². The van der Waals surface area contributed by atoms with E-state index in [-0.39, 0.29) is 23.7 Å². The largest absolute Gasteiger partial charge is 0.351 e. The van der Waals surface area contributed by atoms with Crippen LogP contribution in [0.4, 0.5) is 0 Å².